The van der Waals surface area contributed by atoms with Gasteiger partial charge in [-0.05, 0) is 50.0 Å². The Bertz CT molecular complexity index is 812. The van der Waals surface area contributed by atoms with Gasteiger partial charge in [0.25, 0.3) is 0 Å². The van der Waals surface area contributed by atoms with E-state index in [0.717, 1.165) is 30.9 Å². The standard InChI is InChI=1S/C20H23N3O2/c1-4-15(13-21)20-18(7-6-12-22-20)19(5-2)25-17-10-8-16(9-11-17)23-14(3)24/h4-7,12,16-17H,1-2,8-11H2,3H3,(H,23,24)/b19-18+,20-15-. The third-order valence-corrected chi connectivity index (χ3v) is 4.21. The van der Waals surface area contributed by atoms with Crippen molar-refractivity contribution in [2.45, 2.75) is 44.8 Å². The van der Waals surface area contributed by atoms with Gasteiger partial charge in [0.2, 0.25) is 5.91 Å². The molecule has 0 unspecified atom stereocenters. The van der Waals surface area contributed by atoms with E-state index in [1.54, 1.807) is 25.3 Å². The van der Waals surface area contributed by atoms with Crippen molar-refractivity contribution in [3.63, 3.8) is 0 Å². The Kier molecular flexibility index (Phi) is 6.53. The molecule has 1 aliphatic rings. The van der Waals surface area contributed by atoms with Gasteiger partial charge >= 0.3 is 0 Å². The van der Waals surface area contributed by atoms with Crippen LogP contribution in [0.25, 0.3) is 11.3 Å². The molecule has 1 amide bonds. The summed E-state index contributed by atoms with van der Waals surface area (Å²) in [6.45, 7) is 9.06. The Morgan fingerprint density at radius 2 is 2.08 bits per heavy atom. The summed E-state index contributed by atoms with van der Waals surface area (Å²) in [5, 5.41) is 13.5. The molecule has 1 heterocycles. The predicted molar refractivity (Wildman–Crippen MR) is 97.3 cm³/mol. The van der Waals surface area contributed by atoms with Gasteiger partial charge in [-0.25, -0.2) is 0 Å². The van der Waals surface area contributed by atoms with Crippen molar-refractivity contribution < 1.29 is 9.53 Å². The Hall–Kier alpha value is -2.87. The fourth-order valence-electron chi connectivity index (χ4n) is 3.03. The number of pyridine rings is 1. The molecule has 5 nitrogen and oxygen atoms in total. The van der Waals surface area contributed by atoms with Gasteiger partial charge in [0.05, 0.1) is 17.0 Å². The summed E-state index contributed by atoms with van der Waals surface area (Å²) in [6, 6.07) is 6.00. The van der Waals surface area contributed by atoms with Crippen molar-refractivity contribution in [2.24, 2.45) is 0 Å². The number of ether oxygens (including phenoxy) is 1. The summed E-state index contributed by atoms with van der Waals surface area (Å²) in [5.41, 5.74) is 0.396. The van der Waals surface area contributed by atoms with Crippen LogP contribution in [-0.4, -0.2) is 23.0 Å². The van der Waals surface area contributed by atoms with Gasteiger partial charge in [-0.1, -0.05) is 13.2 Å². The molecule has 0 spiro atoms. The molecular formula is C20H23N3O2. The summed E-state index contributed by atoms with van der Waals surface area (Å²) >= 11 is 0. The first-order valence-corrected chi connectivity index (χ1v) is 8.37. The number of carbonyl (C=O) groups excluding carboxylic acids is 1. The second-order valence-electron chi connectivity index (χ2n) is 5.99. The van der Waals surface area contributed by atoms with Crippen molar-refractivity contribution in [3.05, 3.63) is 54.2 Å². The van der Waals surface area contributed by atoms with Gasteiger partial charge in [-0.15, -0.1) is 0 Å². The Morgan fingerprint density at radius 1 is 1.36 bits per heavy atom. The minimum atomic E-state index is 0.00621. The summed E-state index contributed by atoms with van der Waals surface area (Å²) in [7, 11) is 0. The monoisotopic (exact) mass is 337 g/mol. The Labute approximate surface area is 148 Å². The largest absolute Gasteiger partial charge is 0.490 e. The number of carbonyl (C=O) groups is 1. The van der Waals surface area contributed by atoms with Crippen molar-refractivity contribution in [1.82, 2.24) is 10.3 Å². The summed E-state index contributed by atoms with van der Waals surface area (Å²) in [4.78, 5) is 15.5. The van der Waals surface area contributed by atoms with E-state index < -0.39 is 0 Å². The van der Waals surface area contributed by atoms with Gasteiger partial charge in [0.15, 0.2) is 0 Å². The topological polar surface area (TPSA) is 75.0 Å². The van der Waals surface area contributed by atoms with Crippen LogP contribution in [0.15, 0.2) is 43.6 Å². The molecule has 1 aliphatic carbocycles. The van der Waals surface area contributed by atoms with Crippen molar-refractivity contribution in [2.75, 3.05) is 0 Å². The summed E-state index contributed by atoms with van der Waals surface area (Å²) in [5.74, 6) is 0.618. The maximum Gasteiger partial charge on any atom is 0.217 e. The molecular weight excluding hydrogens is 314 g/mol. The maximum atomic E-state index is 11.2. The molecule has 1 N–H and O–H groups in total. The van der Waals surface area contributed by atoms with E-state index >= 15 is 0 Å². The predicted octanol–water partition coefficient (Wildman–Crippen LogP) is 1.70. The highest BCUT2D eigenvalue weighted by Gasteiger charge is 2.23. The van der Waals surface area contributed by atoms with Gasteiger partial charge in [-0.2, -0.15) is 5.26 Å². The van der Waals surface area contributed by atoms with Gasteiger partial charge in [0, 0.05) is 24.4 Å². The molecule has 2 rings (SSSR count). The molecule has 1 saturated carbocycles. The highest BCUT2D eigenvalue weighted by molar-refractivity contribution is 5.73. The van der Waals surface area contributed by atoms with Crippen LogP contribution in [0, 0.1) is 11.3 Å². The average molecular weight is 337 g/mol. The minimum Gasteiger partial charge on any atom is -0.490 e. The quantitative estimate of drug-likeness (QED) is 0.887. The van der Waals surface area contributed by atoms with Crippen molar-refractivity contribution in [3.8, 4) is 6.07 Å². The van der Waals surface area contributed by atoms with Gasteiger partial charge < -0.3 is 10.1 Å². The van der Waals surface area contributed by atoms with Crippen molar-refractivity contribution >= 4 is 17.2 Å². The second kappa shape index (κ2) is 8.84. The zero-order valence-corrected chi connectivity index (χ0v) is 14.5. The third kappa shape index (κ3) is 4.80. The van der Waals surface area contributed by atoms with E-state index in [2.05, 4.69) is 29.5 Å². The fourth-order valence-corrected chi connectivity index (χ4v) is 3.03. The number of aromatic nitrogens is 1. The van der Waals surface area contributed by atoms with Gasteiger partial charge in [-0.3, -0.25) is 9.78 Å². The molecule has 0 saturated heterocycles. The molecule has 130 valence electrons. The van der Waals surface area contributed by atoms with Crippen LogP contribution in [0.3, 0.4) is 0 Å². The molecule has 1 fully saturated rings. The minimum absolute atomic E-state index is 0.00621. The molecule has 5 heteroatoms. The van der Waals surface area contributed by atoms with E-state index in [1.807, 2.05) is 6.07 Å². The first-order valence-electron chi connectivity index (χ1n) is 8.37. The van der Waals surface area contributed by atoms with Crippen LogP contribution < -0.4 is 15.9 Å². The molecule has 0 atom stereocenters. The van der Waals surface area contributed by atoms with E-state index in [9.17, 15) is 10.1 Å². The highest BCUT2D eigenvalue weighted by Crippen LogP contribution is 2.23. The SMILES string of the molecule is C=C/C(C#N)=c1/nccc/c1=C(/C=C)OC1CCC(NC(C)=O)CC1. The molecule has 0 bridgehead atoms. The van der Waals surface area contributed by atoms with Crippen LogP contribution in [0.1, 0.15) is 32.6 Å². The summed E-state index contributed by atoms with van der Waals surface area (Å²) in [6.07, 6.45) is 8.32. The molecule has 0 aromatic carbocycles. The lowest BCUT2D eigenvalue weighted by Crippen LogP contribution is -2.38. The van der Waals surface area contributed by atoms with E-state index in [-0.39, 0.29) is 18.1 Å². The molecule has 0 aliphatic heterocycles. The van der Waals surface area contributed by atoms with Crippen molar-refractivity contribution in [1.29, 1.82) is 5.26 Å². The first-order chi connectivity index (χ1) is 12.1. The second-order valence-corrected chi connectivity index (χ2v) is 5.99. The van der Waals surface area contributed by atoms with E-state index in [4.69, 9.17) is 4.74 Å². The normalized spacial score (nSPS) is 22.1. The lowest BCUT2D eigenvalue weighted by atomic mass is 9.93. The lowest BCUT2D eigenvalue weighted by molar-refractivity contribution is -0.120. The number of hydrogen-bond donors (Lipinski definition) is 1. The van der Waals surface area contributed by atoms with E-state index in [1.165, 1.54) is 6.08 Å². The van der Waals surface area contributed by atoms with Crippen LogP contribution in [-0.2, 0) is 9.53 Å². The highest BCUT2D eigenvalue weighted by atomic mass is 16.5. The number of amides is 1. The van der Waals surface area contributed by atoms with E-state index in [0.29, 0.717) is 16.7 Å². The van der Waals surface area contributed by atoms with Crippen LogP contribution in [0.5, 0.6) is 0 Å². The smallest absolute Gasteiger partial charge is 0.217 e. The Balaban J connectivity index is 2.28. The zero-order chi connectivity index (χ0) is 18.2. The number of nitriles is 1. The number of rotatable bonds is 5. The van der Waals surface area contributed by atoms with Crippen LogP contribution in [0.4, 0.5) is 0 Å². The first kappa shape index (κ1) is 18.5. The number of hydrogen-bond acceptors (Lipinski definition) is 4. The average Bonchev–Trinajstić information content (AvgIpc) is 2.62. The summed E-state index contributed by atoms with van der Waals surface area (Å²) < 4.78 is 6.15. The number of allylic oxidation sites excluding steroid dienone is 1. The zero-order valence-electron chi connectivity index (χ0n) is 14.5. The molecule has 0 radical (unpaired) electrons. The van der Waals surface area contributed by atoms with Crippen LogP contribution >= 0.6 is 0 Å². The van der Waals surface area contributed by atoms with Gasteiger partial charge in [0.1, 0.15) is 11.8 Å². The fraction of sp³-hybridized carbons (Fsp3) is 0.350. The molecule has 25 heavy (non-hydrogen) atoms. The van der Waals surface area contributed by atoms with Crippen LogP contribution in [0.2, 0.25) is 0 Å². The number of nitrogens with zero attached hydrogens (tertiary/aromatic N) is 2. The molecule has 1 aromatic heterocycles. The molecule has 1 aromatic rings. The third-order valence-electron chi connectivity index (χ3n) is 4.21. The lowest BCUT2D eigenvalue weighted by Gasteiger charge is -2.29. The maximum absolute atomic E-state index is 11.2. The Morgan fingerprint density at radius 3 is 2.64 bits per heavy atom. The number of nitrogens with one attached hydrogen (secondary N) is 1.